The summed E-state index contributed by atoms with van der Waals surface area (Å²) in [4.78, 5) is 19.7. The number of nitrogens with one attached hydrogen (secondary N) is 1. The molecule has 0 bridgehead atoms. The normalized spacial score (nSPS) is 43.1. The van der Waals surface area contributed by atoms with Crippen molar-refractivity contribution in [3.05, 3.63) is 0 Å². The molecule has 0 spiro atoms. The van der Waals surface area contributed by atoms with Crippen LogP contribution in [0.5, 0.6) is 0 Å². The fourth-order valence-corrected chi connectivity index (χ4v) is 5.85. The molecule has 7 nitrogen and oxygen atoms in total. The standard InChI is InChI=1S/C21H32F3N5O2/c1-11-5-16(14-6-17(31-4)12(2)25-7-14)27-19-13(3)29(20(30)18(11)19)15-8-26-28(9-15)10-21(22,23)24/h7-8,11-19,27H,5-6,9-10H2,1-4H3/t11?,12?,13-,14?,15?,16?,17?,18?,19?/m1/s1. The first-order valence-corrected chi connectivity index (χ1v) is 11.1. The fraction of sp³-hybridized carbons (Fsp3) is 0.857. The molecule has 4 rings (SSSR count). The number of carbonyl (C=O) groups is 1. The van der Waals surface area contributed by atoms with Crippen LogP contribution in [0.1, 0.15) is 33.6 Å². The number of aliphatic imine (C=N–C) groups is 1. The summed E-state index contributed by atoms with van der Waals surface area (Å²) < 4.78 is 43.8. The summed E-state index contributed by atoms with van der Waals surface area (Å²) in [6.07, 6.45) is 1.02. The summed E-state index contributed by atoms with van der Waals surface area (Å²) in [7, 11) is 1.72. The Balaban J connectivity index is 1.46. The Morgan fingerprint density at radius 2 is 1.97 bits per heavy atom. The van der Waals surface area contributed by atoms with E-state index >= 15 is 0 Å². The molecule has 2 saturated heterocycles. The zero-order chi connectivity index (χ0) is 22.5. The lowest BCUT2D eigenvalue weighted by Crippen LogP contribution is -2.57. The van der Waals surface area contributed by atoms with Gasteiger partial charge in [-0.2, -0.15) is 18.3 Å². The van der Waals surface area contributed by atoms with E-state index in [4.69, 9.17) is 4.74 Å². The van der Waals surface area contributed by atoms with E-state index in [9.17, 15) is 18.0 Å². The van der Waals surface area contributed by atoms with Gasteiger partial charge in [0.05, 0.1) is 30.7 Å². The average Bonchev–Trinajstić information content (AvgIpc) is 3.23. The molecule has 9 atom stereocenters. The number of halogens is 3. The Hall–Kier alpha value is -1.68. The maximum Gasteiger partial charge on any atom is 0.407 e. The first kappa shape index (κ1) is 22.5. The highest BCUT2D eigenvalue weighted by molar-refractivity contribution is 5.87. The number of methoxy groups -OCH3 is 1. The van der Waals surface area contributed by atoms with Crippen molar-refractivity contribution >= 4 is 18.3 Å². The minimum absolute atomic E-state index is 0.0157. The Labute approximate surface area is 181 Å². The molecule has 4 heterocycles. The topological polar surface area (TPSA) is 69.5 Å². The molecule has 8 unspecified atom stereocenters. The van der Waals surface area contributed by atoms with Gasteiger partial charge in [-0.15, -0.1) is 0 Å². The first-order chi connectivity index (χ1) is 14.6. The van der Waals surface area contributed by atoms with E-state index < -0.39 is 18.8 Å². The van der Waals surface area contributed by atoms with Gasteiger partial charge in [0.2, 0.25) is 5.91 Å². The first-order valence-electron chi connectivity index (χ1n) is 11.1. The summed E-state index contributed by atoms with van der Waals surface area (Å²) in [6.45, 7) is 5.12. The third kappa shape index (κ3) is 4.33. The molecule has 0 aromatic heterocycles. The van der Waals surface area contributed by atoms with E-state index in [0.29, 0.717) is 0 Å². The van der Waals surface area contributed by atoms with Gasteiger partial charge < -0.3 is 15.0 Å². The number of rotatable bonds is 4. The van der Waals surface area contributed by atoms with Gasteiger partial charge in [0, 0.05) is 43.6 Å². The zero-order valence-electron chi connectivity index (χ0n) is 18.4. The maximum atomic E-state index is 13.3. The molecule has 1 amide bonds. The van der Waals surface area contributed by atoms with Crippen LogP contribution in [-0.4, -0.2) is 90.9 Å². The molecule has 31 heavy (non-hydrogen) atoms. The quantitative estimate of drug-likeness (QED) is 0.721. The van der Waals surface area contributed by atoms with Crippen molar-refractivity contribution in [2.45, 2.75) is 76.1 Å². The van der Waals surface area contributed by atoms with Gasteiger partial charge in [-0.25, -0.2) is 0 Å². The van der Waals surface area contributed by atoms with Gasteiger partial charge in [0.25, 0.3) is 0 Å². The van der Waals surface area contributed by atoms with Gasteiger partial charge in [0.15, 0.2) is 0 Å². The minimum Gasteiger partial charge on any atom is -0.379 e. The van der Waals surface area contributed by atoms with Gasteiger partial charge >= 0.3 is 6.18 Å². The highest BCUT2D eigenvalue weighted by atomic mass is 19.4. The molecule has 4 aliphatic heterocycles. The number of hydrogen-bond donors (Lipinski definition) is 1. The summed E-state index contributed by atoms with van der Waals surface area (Å²) in [5.74, 6) is 0.252. The molecular formula is C21H32F3N5O2. The van der Waals surface area contributed by atoms with Crippen LogP contribution in [-0.2, 0) is 9.53 Å². The lowest BCUT2D eigenvalue weighted by Gasteiger charge is -2.42. The number of hydrogen-bond acceptors (Lipinski definition) is 6. The van der Waals surface area contributed by atoms with Crippen LogP contribution in [0.3, 0.4) is 0 Å². The van der Waals surface area contributed by atoms with Crippen LogP contribution in [0.15, 0.2) is 10.1 Å². The van der Waals surface area contributed by atoms with Crippen molar-refractivity contribution in [2.75, 3.05) is 20.2 Å². The molecule has 10 heteroatoms. The molecule has 1 N–H and O–H groups in total. The summed E-state index contributed by atoms with van der Waals surface area (Å²) in [6, 6.07) is -0.265. The minimum atomic E-state index is -4.32. The molecule has 174 valence electrons. The van der Waals surface area contributed by atoms with Gasteiger partial charge in [-0.3, -0.25) is 14.8 Å². The summed E-state index contributed by atoms with van der Waals surface area (Å²) in [5, 5.41) is 8.62. The van der Waals surface area contributed by atoms with Crippen LogP contribution >= 0.6 is 0 Å². The van der Waals surface area contributed by atoms with Crippen LogP contribution in [0.25, 0.3) is 0 Å². The number of alkyl halides is 3. The van der Waals surface area contributed by atoms with Crippen molar-refractivity contribution in [3.8, 4) is 0 Å². The van der Waals surface area contributed by atoms with Gasteiger partial charge in [-0.05, 0) is 32.6 Å². The third-order valence-electron chi connectivity index (χ3n) is 7.42. The summed E-state index contributed by atoms with van der Waals surface area (Å²) >= 11 is 0. The van der Waals surface area contributed by atoms with Crippen LogP contribution < -0.4 is 5.32 Å². The molecule has 0 aliphatic carbocycles. The van der Waals surface area contributed by atoms with Crippen molar-refractivity contribution < 1.29 is 22.7 Å². The molecule has 0 aromatic carbocycles. The average molecular weight is 444 g/mol. The van der Waals surface area contributed by atoms with E-state index in [0.717, 1.165) is 17.9 Å². The number of likely N-dealkylation sites (tertiary alicyclic amines) is 1. The largest absolute Gasteiger partial charge is 0.407 e. The molecule has 0 saturated carbocycles. The maximum absolute atomic E-state index is 13.3. The van der Waals surface area contributed by atoms with Crippen LogP contribution in [0.4, 0.5) is 13.2 Å². The highest BCUT2D eigenvalue weighted by Gasteiger charge is 2.54. The molecular weight excluding hydrogens is 411 g/mol. The molecule has 2 fully saturated rings. The number of piperidine rings is 1. The van der Waals surface area contributed by atoms with E-state index in [1.165, 1.54) is 6.21 Å². The van der Waals surface area contributed by atoms with E-state index in [1.807, 2.05) is 13.1 Å². The fourth-order valence-electron chi connectivity index (χ4n) is 5.85. The molecule has 0 radical (unpaired) electrons. The zero-order valence-corrected chi connectivity index (χ0v) is 18.4. The molecule has 0 aromatic rings. The number of fused-ring (bicyclic) bond motifs is 1. The second-order valence-corrected chi connectivity index (χ2v) is 9.53. The number of ether oxygens (including phenoxy) is 1. The van der Waals surface area contributed by atoms with Crippen molar-refractivity contribution in [1.82, 2.24) is 15.2 Å². The third-order valence-corrected chi connectivity index (χ3v) is 7.42. The van der Waals surface area contributed by atoms with Crippen LogP contribution in [0.2, 0.25) is 0 Å². The van der Waals surface area contributed by atoms with E-state index in [-0.39, 0.29) is 60.5 Å². The Kier molecular flexibility index (Phi) is 6.06. The smallest absolute Gasteiger partial charge is 0.379 e. The molecule has 4 aliphatic rings. The van der Waals surface area contributed by atoms with E-state index in [1.54, 1.807) is 12.0 Å². The number of nitrogens with zero attached hydrogens (tertiary/aromatic N) is 4. The second kappa shape index (κ2) is 8.35. The van der Waals surface area contributed by atoms with Gasteiger partial charge in [0.1, 0.15) is 6.54 Å². The van der Waals surface area contributed by atoms with Gasteiger partial charge in [-0.1, -0.05) is 6.92 Å². The Morgan fingerprint density at radius 3 is 2.65 bits per heavy atom. The van der Waals surface area contributed by atoms with Crippen molar-refractivity contribution in [1.29, 1.82) is 0 Å². The predicted molar refractivity (Wildman–Crippen MR) is 111 cm³/mol. The number of hydrazone groups is 1. The lowest BCUT2D eigenvalue weighted by atomic mass is 9.74. The number of carbonyl (C=O) groups excluding carboxylic acids is 1. The van der Waals surface area contributed by atoms with Crippen LogP contribution in [0, 0.1) is 17.8 Å². The second-order valence-electron chi connectivity index (χ2n) is 9.53. The Morgan fingerprint density at radius 1 is 1.23 bits per heavy atom. The van der Waals surface area contributed by atoms with E-state index in [2.05, 4.69) is 29.3 Å². The van der Waals surface area contributed by atoms with Crippen molar-refractivity contribution in [3.63, 3.8) is 0 Å². The predicted octanol–water partition coefficient (Wildman–Crippen LogP) is 1.93. The SMILES string of the molecule is COC1CC(C2CC(C)C3C(=O)N(C4C=NN(CC(F)(F)F)C4)[C@H](C)C3N2)C=NC1C. The highest BCUT2D eigenvalue weighted by Crippen LogP contribution is 2.40. The Bertz CT molecular complexity index is 745. The monoisotopic (exact) mass is 443 g/mol. The van der Waals surface area contributed by atoms with Crippen molar-refractivity contribution in [2.24, 2.45) is 27.8 Å². The summed E-state index contributed by atoms with van der Waals surface area (Å²) in [5.41, 5.74) is 0. The number of amides is 1. The lowest BCUT2D eigenvalue weighted by molar-refractivity contribution is -0.146.